The molecule has 1 saturated heterocycles. The summed E-state index contributed by atoms with van der Waals surface area (Å²) in [5.74, 6) is 0.943. The van der Waals surface area contributed by atoms with Crippen LogP contribution in [0.5, 0.6) is 0 Å². The summed E-state index contributed by atoms with van der Waals surface area (Å²) in [6.07, 6.45) is 0. The van der Waals surface area contributed by atoms with E-state index in [0.29, 0.717) is 26.2 Å². The number of hydrogen-bond acceptors (Lipinski definition) is 5. The van der Waals surface area contributed by atoms with Crippen LogP contribution in [0.15, 0.2) is 36.4 Å². The van der Waals surface area contributed by atoms with E-state index in [0.717, 1.165) is 22.6 Å². The van der Waals surface area contributed by atoms with Crippen LogP contribution >= 0.6 is 0 Å². The maximum Gasteiger partial charge on any atom is 0.213 e. The predicted molar refractivity (Wildman–Crippen MR) is 95.5 cm³/mol. The van der Waals surface area contributed by atoms with E-state index in [1.54, 1.807) is 11.2 Å². The molecule has 0 radical (unpaired) electrons. The van der Waals surface area contributed by atoms with Gasteiger partial charge in [0.1, 0.15) is 0 Å². The number of aromatic nitrogens is 2. The third kappa shape index (κ3) is 3.42. The van der Waals surface area contributed by atoms with Crippen LogP contribution in [0.4, 0.5) is 5.82 Å². The fraction of sp³-hybridized carbons (Fsp3) is 0.412. The average Bonchev–Trinajstić information content (AvgIpc) is 2.62. The second-order valence-electron chi connectivity index (χ2n) is 5.88. The molecule has 3 rings (SSSR count). The Balaban J connectivity index is 1.71. The molecule has 7 heteroatoms. The minimum atomic E-state index is -3.10. The van der Waals surface area contributed by atoms with E-state index in [1.165, 1.54) is 0 Å². The Morgan fingerprint density at radius 3 is 2.29 bits per heavy atom. The van der Waals surface area contributed by atoms with E-state index < -0.39 is 10.0 Å². The minimum Gasteiger partial charge on any atom is -0.352 e. The summed E-state index contributed by atoms with van der Waals surface area (Å²) in [4.78, 5) is 2.08. The highest BCUT2D eigenvalue weighted by molar-refractivity contribution is 7.89. The maximum absolute atomic E-state index is 11.9. The molecule has 2 heterocycles. The van der Waals surface area contributed by atoms with Crippen molar-refractivity contribution in [1.82, 2.24) is 14.5 Å². The van der Waals surface area contributed by atoms with Crippen LogP contribution in [0.2, 0.25) is 0 Å². The highest BCUT2D eigenvalue weighted by atomic mass is 32.2. The third-order valence-corrected chi connectivity index (χ3v) is 6.27. The summed E-state index contributed by atoms with van der Waals surface area (Å²) < 4.78 is 25.4. The molecule has 0 amide bonds. The number of sulfonamides is 1. The Bertz CT molecular complexity index is 798. The molecule has 128 valence electrons. The second kappa shape index (κ2) is 6.86. The summed E-state index contributed by atoms with van der Waals surface area (Å²) in [6, 6.07) is 12.0. The molecule has 0 spiro atoms. The Hall–Kier alpha value is -1.99. The molecule has 6 nitrogen and oxygen atoms in total. The van der Waals surface area contributed by atoms with E-state index in [-0.39, 0.29) is 5.75 Å². The van der Waals surface area contributed by atoms with Gasteiger partial charge in [-0.1, -0.05) is 24.3 Å². The van der Waals surface area contributed by atoms with Crippen LogP contribution in [0, 0.1) is 6.92 Å². The first-order chi connectivity index (χ1) is 11.5. The van der Waals surface area contributed by atoms with E-state index >= 15 is 0 Å². The van der Waals surface area contributed by atoms with E-state index in [2.05, 4.69) is 28.1 Å². The van der Waals surface area contributed by atoms with Crippen LogP contribution in [-0.4, -0.2) is 54.9 Å². The number of hydrogen-bond donors (Lipinski definition) is 0. The topological polar surface area (TPSA) is 66.4 Å². The van der Waals surface area contributed by atoms with Gasteiger partial charge in [0.05, 0.1) is 11.4 Å². The number of piperazine rings is 1. The normalized spacial score (nSPS) is 16.3. The molecule has 1 fully saturated rings. The van der Waals surface area contributed by atoms with Crippen molar-refractivity contribution in [2.75, 3.05) is 36.8 Å². The lowest BCUT2D eigenvalue weighted by Crippen LogP contribution is -2.49. The van der Waals surface area contributed by atoms with Gasteiger partial charge in [-0.3, -0.25) is 0 Å². The van der Waals surface area contributed by atoms with Crippen molar-refractivity contribution >= 4 is 15.8 Å². The number of nitrogens with zero attached hydrogens (tertiary/aromatic N) is 4. The Morgan fingerprint density at radius 2 is 1.71 bits per heavy atom. The lowest BCUT2D eigenvalue weighted by atomic mass is 10.1. The van der Waals surface area contributed by atoms with Crippen LogP contribution in [0.3, 0.4) is 0 Å². The Labute approximate surface area is 143 Å². The summed E-state index contributed by atoms with van der Waals surface area (Å²) in [6.45, 7) is 6.00. The number of anilines is 1. The smallest absolute Gasteiger partial charge is 0.213 e. The van der Waals surface area contributed by atoms with E-state index in [1.807, 2.05) is 30.3 Å². The van der Waals surface area contributed by atoms with Gasteiger partial charge >= 0.3 is 0 Å². The molecule has 1 aliphatic rings. The molecule has 0 saturated carbocycles. The van der Waals surface area contributed by atoms with Crippen molar-refractivity contribution in [2.45, 2.75) is 13.8 Å². The highest BCUT2D eigenvalue weighted by Crippen LogP contribution is 2.22. The van der Waals surface area contributed by atoms with Gasteiger partial charge in [0.15, 0.2) is 5.82 Å². The number of aryl methyl sites for hydroxylation is 1. The molecule has 2 aromatic rings. The molecule has 1 aromatic heterocycles. The largest absolute Gasteiger partial charge is 0.352 e. The minimum absolute atomic E-state index is 0.151. The van der Waals surface area contributed by atoms with Gasteiger partial charge in [-0.15, -0.1) is 10.2 Å². The van der Waals surface area contributed by atoms with Crippen LogP contribution in [0.1, 0.15) is 12.5 Å². The molecule has 1 aromatic carbocycles. The quantitative estimate of drug-likeness (QED) is 0.846. The molecule has 0 bridgehead atoms. The van der Waals surface area contributed by atoms with E-state index in [4.69, 9.17) is 0 Å². The van der Waals surface area contributed by atoms with Gasteiger partial charge in [-0.05, 0) is 31.5 Å². The van der Waals surface area contributed by atoms with Gasteiger partial charge in [-0.2, -0.15) is 4.31 Å². The SMILES string of the molecule is CCS(=O)(=O)N1CCN(c2ccc(-c3ccccc3C)nn2)CC1. The molecule has 0 N–H and O–H groups in total. The van der Waals surface area contributed by atoms with Gasteiger partial charge < -0.3 is 4.90 Å². The molecule has 0 unspecified atom stereocenters. The van der Waals surface area contributed by atoms with Crippen molar-refractivity contribution in [3.63, 3.8) is 0 Å². The molecule has 0 aliphatic carbocycles. The van der Waals surface area contributed by atoms with Crippen LogP contribution < -0.4 is 4.90 Å². The number of rotatable bonds is 4. The van der Waals surface area contributed by atoms with Crippen LogP contribution in [-0.2, 0) is 10.0 Å². The maximum atomic E-state index is 11.9. The zero-order valence-electron chi connectivity index (χ0n) is 14.0. The van der Waals surface area contributed by atoms with Crippen molar-refractivity contribution < 1.29 is 8.42 Å². The monoisotopic (exact) mass is 346 g/mol. The van der Waals surface area contributed by atoms with Crippen LogP contribution in [0.25, 0.3) is 11.3 Å². The molecule has 24 heavy (non-hydrogen) atoms. The standard InChI is InChI=1S/C17H22N4O2S/c1-3-24(22,23)21-12-10-20(11-13-21)17-9-8-16(18-19-17)15-7-5-4-6-14(15)2/h4-9H,3,10-13H2,1-2H3. The third-order valence-electron chi connectivity index (χ3n) is 4.39. The lowest BCUT2D eigenvalue weighted by Gasteiger charge is -2.34. The van der Waals surface area contributed by atoms with Crippen molar-refractivity contribution in [3.05, 3.63) is 42.0 Å². The Morgan fingerprint density at radius 1 is 1.00 bits per heavy atom. The first-order valence-corrected chi connectivity index (χ1v) is 9.74. The summed E-state index contributed by atoms with van der Waals surface area (Å²) in [7, 11) is -3.10. The second-order valence-corrected chi connectivity index (χ2v) is 8.14. The van der Waals surface area contributed by atoms with Crippen molar-refractivity contribution in [2.24, 2.45) is 0 Å². The predicted octanol–water partition coefficient (Wildman–Crippen LogP) is 1.92. The zero-order valence-corrected chi connectivity index (χ0v) is 14.8. The van der Waals surface area contributed by atoms with Gasteiger partial charge in [0.25, 0.3) is 0 Å². The van der Waals surface area contributed by atoms with Gasteiger partial charge in [0.2, 0.25) is 10.0 Å². The zero-order chi connectivity index (χ0) is 17.2. The van der Waals surface area contributed by atoms with Gasteiger partial charge in [-0.25, -0.2) is 8.42 Å². The molecule has 1 aliphatic heterocycles. The first kappa shape index (κ1) is 16.9. The first-order valence-electron chi connectivity index (χ1n) is 8.14. The lowest BCUT2D eigenvalue weighted by molar-refractivity contribution is 0.384. The van der Waals surface area contributed by atoms with E-state index in [9.17, 15) is 8.42 Å². The fourth-order valence-corrected chi connectivity index (χ4v) is 3.96. The highest BCUT2D eigenvalue weighted by Gasteiger charge is 2.26. The fourth-order valence-electron chi connectivity index (χ4n) is 2.88. The Kier molecular flexibility index (Phi) is 4.82. The molecular formula is C17H22N4O2S. The molecular weight excluding hydrogens is 324 g/mol. The van der Waals surface area contributed by atoms with Crippen molar-refractivity contribution in [1.29, 1.82) is 0 Å². The summed E-state index contributed by atoms with van der Waals surface area (Å²) in [5, 5.41) is 8.68. The number of benzene rings is 1. The molecule has 0 atom stereocenters. The summed E-state index contributed by atoms with van der Waals surface area (Å²) >= 11 is 0. The average molecular weight is 346 g/mol. The van der Waals surface area contributed by atoms with Crippen molar-refractivity contribution in [3.8, 4) is 11.3 Å². The summed E-state index contributed by atoms with van der Waals surface area (Å²) in [5.41, 5.74) is 3.09. The van der Waals surface area contributed by atoms with Gasteiger partial charge in [0, 0.05) is 31.7 Å².